The molecule has 0 aliphatic carbocycles. The van der Waals surface area contributed by atoms with Crippen LogP contribution in [0.25, 0.3) is 0 Å². The van der Waals surface area contributed by atoms with Crippen LogP contribution in [0.15, 0.2) is 0 Å². The van der Waals surface area contributed by atoms with Crippen LogP contribution < -0.4 is 16.4 Å². The maximum Gasteiger partial charge on any atom is 0.221 e. The minimum atomic E-state index is 0.0966. The molecule has 5 heteroatoms. The van der Waals surface area contributed by atoms with E-state index in [1.165, 1.54) is 0 Å². The highest BCUT2D eigenvalue weighted by Crippen LogP contribution is 2.02. The molecule has 0 spiro atoms. The molecule has 0 bridgehead atoms. The van der Waals surface area contributed by atoms with E-state index in [2.05, 4.69) is 15.5 Å². The fourth-order valence-corrected chi connectivity index (χ4v) is 1.70. The first-order chi connectivity index (χ1) is 6.77. The summed E-state index contributed by atoms with van der Waals surface area (Å²) in [4.78, 5) is 13.3. The topological polar surface area (TPSA) is 70.4 Å². The molecule has 82 valence electrons. The Hall–Kier alpha value is -0.650. The number of nitrogens with zero attached hydrogens (tertiary/aromatic N) is 1. The lowest BCUT2D eigenvalue weighted by Crippen LogP contribution is -2.54. The summed E-state index contributed by atoms with van der Waals surface area (Å²) in [5.74, 6) is 0.0966. The molecule has 0 aromatic rings. The molecule has 1 aliphatic rings. The number of nitrogens with one attached hydrogen (secondary N) is 2. The van der Waals surface area contributed by atoms with Gasteiger partial charge in [0.15, 0.2) is 0 Å². The van der Waals surface area contributed by atoms with Crippen molar-refractivity contribution in [2.24, 2.45) is 5.73 Å². The second-order valence-corrected chi connectivity index (χ2v) is 3.55. The summed E-state index contributed by atoms with van der Waals surface area (Å²) in [6, 6.07) is 0.383. The van der Waals surface area contributed by atoms with Gasteiger partial charge in [-0.3, -0.25) is 9.69 Å². The highest BCUT2D eigenvalue weighted by Gasteiger charge is 2.20. The van der Waals surface area contributed by atoms with Crippen molar-refractivity contribution >= 4 is 5.91 Å². The first-order valence-corrected chi connectivity index (χ1v) is 5.13. The largest absolute Gasteiger partial charge is 0.359 e. The second kappa shape index (κ2) is 5.95. The third kappa shape index (κ3) is 3.25. The first-order valence-electron chi connectivity index (χ1n) is 5.13. The van der Waals surface area contributed by atoms with Crippen LogP contribution in [0.5, 0.6) is 0 Å². The standard InChI is InChI=1S/C9H20N4O/c1-11-9(14)2-4-13-5-3-12-7-8(13)6-10/h8,12H,2-7,10H2,1H3,(H,11,14). The van der Waals surface area contributed by atoms with Gasteiger partial charge in [0.1, 0.15) is 0 Å². The van der Waals surface area contributed by atoms with Gasteiger partial charge in [-0.25, -0.2) is 0 Å². The third-order valence-electron chi connectivity index (χ3n) is 2.65. The van der Waals surface area contributed by atoms with Gasteiger partial charge in [0, 0.05) is 52.2 Å². The second-order valence-electron chi connectivity index (χ2n) is 3.55. The maximum atomic E-state index is 11.1. The van der Waals surface area contributed by atoms with Gasteiger partial charge in [0.05, 0.1) is 0 Å². The fraction of sp³-hybridized carbons (Fsp3) is 0.889. The van der Waals surface area contributed by atoms with Crippen LogP contribution >= 0.6 is 0 Å². The number of carbonyl (C=O) groups is 1. The molecule has 0 radical (unpaired) electrons. The van der Waals surface area contributed by atoms with E-state index in [-0.39, 0.29) is 5.91 Å². The highest BCUT2D eigenvalue weighted by molar-refractivity contribution is 5.75. The Labute approximate surface area is 85.0 Å². The van der Waals surface area contributed by atoms with E-state index in [1.54, 1.807) is 7.05 Å². The number of hydrogen-bond donors (Lipinski definition) is 3. The zero-order valence-electron chi connectivity index (χ0n) is 8.75. The maximum absolute atomic E-state index is 11.1. The number of carbonyl (C=O) groups excluding carboxylic acids is 1. The minimum absolute atomic E-state index is 0.0966. The number of amides is 1. The zero-order valence-corrected chi connectivity index (χ0v) is 8.75. The number of piperazine rings is 1. The van der Waals surface area contributed by atoms with E-state index < -0.39 is 0 Å². The van der Waals surface area contributed by atoms with Crippen molar-refractivity contribution in [3.8, 4) is 0 Å². The molecule has 1 amide bonds. The van der Waals surface area contributed by atoms with Crippen molar-refractivity contribution in [3.05, 3.63) is 0 Å². The SMILES string of the molecule is CNC(=O)CCN1CCNCC1CN. The summed E-state index contributed by atoms with van der Waals surface area (Å²) in [5, 5.41) is 5.92. The lowest BCUT2D eigenvalue weighted by Gasteiger charge is -2.35. The zero-order chi connectivity index (χ0) is 10.4. The van der Waals surface area contributed by atoms with Crippen LogP contribution in [0.2, 0.25) is 0 Å². The molecule has 5 nitrogen and oxygen atoms in total. The van der Waals surface area contributed by atoms with Crippen LogP contribution in [0.3, 0.4) is 0 Å². The smallest absolute Gasteiger partial charge is 0.221 e. The lowest BCUT2D eigenvalue weighted by atomic mass is 10.2. The molecule has 1 fully saturated rings. The number of nitrogens with two attached hydrogens (primary N) is 1. The van der Waals surface area contributed by atoms with Crippen molar-refractivity contribution < 1.29 is 4.79 Å². The summed E-state index contributed by atoms with van der Waals surface area (Å²) < 4.78 is 0. The Morgan fingerprint density at radius 1 is 1.71 bits per heavy atom. The molecule has 1 heterocycles. The fourth-order valence-electron chi connectivity index (χ4n) is 1.70. The van der Waals surface area contributed by atoms with Gasteiger partial charge in [-0.05, 0) is 0 Å². The summed E-state index contributed by atoms with van der Waals surface area (Å²) in [5.41, 5.74) is 5.65. The number of rotatable bonds is 4. The molecule has 4 N–H and O–H groups in total. The Morgan fingerprint density at radius 3 is 3.14 bits per heavy atom. The Bertz CT molecular complexity index is 186. The van der Waals surface area contributed by atoms with Gasteiger partial charge in [-0.2, -0.15) is 0 Å². The molecule has 0 aromatic heterocycles. The Morgan fingerprint density at radius 2 is 2.50 bits per heavy atom. The molecule has 1 unspecified atom stereocenters. The molecule has 1 rings (SSSR count). The molecule has 1 aliphatic heterocycles. The average molecular weight is 200 g/mol. The summed E-state index contributed by atoms with van der Waals surface area (Å²) in [6.45, 7) is 4.37. The third-order valence-corrected chi connectivity index (χ3v) is 2.65. The van der Waals surface area contributed by atoms with Crippen LogP contribution in [0.1, 0.15) is 6.42 Å². The predicted octanol–water partition coefficient (Wildman–Crippen LogP) is -1.64. The van der Waals surface area contributed by atoms with Gasteiger partial charge < -0.3 is 16.4 Å². The van der Waals surface area contributed by atoms with Gasteiger partial charge in [0.2, 0.25) is 5.91 Å². The van der Waals surface area contributed by atoms with E-state index in [4.69, 9.17) is 5.73 Å². The van der Waals surface area contributed by atoms with E-state index >= 15 is 0 Å². The first kappa shape index (κ1) is 11.4. The van der Waals surface area contributed by atoms with Crippen molar-refractivity contribution in [1.29, 1.82) is 0 Å². The summed E-state index contributed by atoms with van der Waals surface area (Å²) in [7, 11) is 1.67. The van der Waals surface area contributed by atoms with E-state index in [0.717, 1.165) is 26.2 Å². The van der Waals surface area contributed by atoms with Crippen molar-refractivity contribution in [2.75, 3.05) is 39.8 Å². The molecular formula is C9H20N4O. The molecule has 1 saturated heterocycles. The predicted molar refractivity (Wildman–Crippen MR) is 56.0 cm³/mol. The van der Waals surface area contributed by atoms with Crippen molar-refractivity contribution in [2.45, 2.75) is 12.5 Å². The summed E-state index contributed by atoms with van der Waals surface area (Å²) in [6.07, 6.45) is 0.562. The molecule has 0 aromatic carbocycles. The van der Waals surface area contributed by atoms with Crippen LogP contribution in [-0.2, 0) is 4.79 Å². The normalized spacial score (nSPS) is 23.4. The van der Waals surface area contributed by atoms with E-state index in [0.29, 0.717) is 19.0 Å². The van der Waals surface area contributed by atoms with Crippen molar-refractivity contribution in [1.82, 2.24) is 15.5 Å². The minimum Gasteiger partial charge on any atom is -0.359 e. The van der Waals surface area contributed by atoms with Crippen LogP contribution in [-0.4, -0.2) is 56.6 Å². The van der Waals surface area contributed by atoms with Crippen LogP contribution in [0, 0.1) is 0 Å². The Kier molecular flexibility index (Phi) is 4.86. The van der Waals surface area contributed by atoms with Gasteiger partial charge in [0.25, 0.3) is 0 Å². The van der Waals surface area contributed by atoms with Gasteiger partial charge >= 0.3 is 0 Å². The monoisotopic (exact) mass is 200 g/mol. The lowest BCUT2D eigenvalue weighted by molar-refractivity contribution is -0.121. The van der Waals surface area contributed by atoms with E-state index in [1.807, 2.05) is 0 Å². The van der Waals surface area contributed by atoms with Gasteiger partial charge in [-0.1, -0.05) is 0 Å². The molecular weight excluding hydrogens is 180 g/mol. The summed E-state index contributed by atoms with van der Waals surface area (Å²) >= 11 is 0. The number of hydrogen-bond acceptors (Lipinski definition) is 4. The Balaban J connectivity index is 2.29. The highest BCUT2D eigenvalue weighted by atomic mass is 16.1. The molecule has 1 atom stereocenters. The average Bonchev–Trinajstić information content (AvgIpc) is 2.26. The van der Waals surface area contributed by atoms with E-state index in [9.17, 15) is 4.79 Å². The molecule has 0 saturated carbocycles. The van der Waals surface area contributed by atoms with Crippen LogP contribution in [0.4, 0.5) is 0 Å². The molecule has 14 heavy (non-hydrogen) atoms. The quantitative estimate of drug-likeness (QED) is 0.509. The van der Waals surface area contributed by atoms with Gasteiger partial charge in [-0.15, -0.1) is 0 Å². The van der Waals surface area contributed by atoms with Crippen molar-refractivity contribution in [3.63, 3.8) is 0 Å².